The summed E-state index contributed by atoms with van der Waals surface area (Å²) in [6.07, 6.45) is -2.66. The summed E-state index contributed by atoms with van der Waals surface area (Å²) in [7, 11) is 0. The van der Waals surface area contributed by atoms with E-state index in [1.54, 1.807) is 30.3 Å². The molecular formula is C12H11ClF3N. The number of anilines is 1. The summed E-state index contributed by atoms with van der Waals surface area (Å²) in [6.45, 7) is 3.51. The molecule has 17 heavy (non-hydrogen) atoms. The Morgan fingerprint density at radius 1 is 1.35 bits per heavy atom. The number of hydrogen-bond donors (Lipinski definition) is 0. The predicted molar refractivity (Wildman–Crippen MR) is 63.4 cm³/mol. The van der Waals surface area contributed by atoms with Gasteiger partial charge in [-0.25, -0.2) is 0 Å². The third kappa shape index (κ3) is 1.90. The lowest BCUT2D eigenvalue weighted by atomic mass is 10.1. The summed E-state index contributed by atoms with van der Waals surface area (Å²) in [5.74, 6) is -0.445. The zero-order valence-corrected chi connectivity index (χ0v) is 9.72. The standard InChI is InChI=1S/C12H11ClF3N/c1-2-9-3-5-10(6-4-9)17-8-11(17,7-13)12(14,15)16/h2-6H,1,7-8H2. The highest BCUT2D eigenvalue weighted by Gasteiger charge is 2.69. The van der Waals surface area contributed by atoms with E-state index < -0.39 is 17.6 Å². The molecule has 0 saturated carbocycles. The van der Waals surface area contributed by atoms with Crippen molar-refractivity contribution in [1.29, 1.82) is 0 Å². The van der Waals surface area contributed by atoms with Crippen molar-refractivity contribution in [3.63, 3.8) is 0 Å². The SMILES string of the molecule is C=Cc1ccc(N2CC2(CCl)C(F)(F)F)cc1. The zero-order chi connectivity index (χ0) is 12.7. The molecule has 1 aromatic carbocycles. The summed E-state index contributed by atoms with van der Waals surface area (Å²) >= 11 is 5.47. The summed E-state index contributed by atoms with van der Waals surface area (Å²) in [4.78, 5) is 1.27. The Morgan fingerprint density at radius 2 is 1.94 bits per heavy atom. The van der Waals surface area contributed by atoms with Crippen LogP contribution in [0.15, 0.2) is 30.8 Å². The van der Waals surface area contributed by atoms with E-state index in [2.05, 4.69) is 6.58 Å². The van der Waals surface area contributed by atoms with Crippen LogP contribution in [-0.2, 0) is 0 Å². The van der Waals surface area contributed by atoms with Gasteiger partial charge in [0, 0.05) is 5.69 Å². The summed E-state index contributed by atoms with van der Waals surface area (Å²) in [5, 5.41) is 0. The molecule has 5 heteroatoms. The van der Waals surface area contributed by atoms with Gasteiger partial charge >= 0.3 is 6.18 Å². The Hall–Kier alpha value is -1.16. The Kier molecular flexibility index (Phi) is 2.86. The van der Waals surface area contributed by atoms with Crippen LogP contribution in [0.25, 0.3) is 6.08 Å². The molecule has 0 N–H and O–H groups in total. The quantitative estimate of drug-likeness (QED) is 0.592. The number of nitrogens with zero attached hydrogens (tertiary/aromatic N) is 1. The molecule has 1 unspecified atom stereocenters. The third-order valence-corrected chi connectivity index (χ3v) is 3.46. The lowest BCUT2D eigenvalue weighted by molar-refractivity contribution is -0.150. The van der Waals surface area contributed by atoms with Crippen molar-refractivity contribution in [3.05, 3.63) is 36.4 Å². The summed E-state index contributed by atoms with van der Waals surface area (Å²) in [5.41, 5.74) is -0.475. The smallest absolute Gasteiger partial charge is 0.352 e. The lowest BCUT2D eigenvalue weighted by Gasteiger charge is -2.19. The molecule has 1 aliphatic rings. The number of halogens is 4. The van der Waals surface area contributed by atoms with Gasteiger partial charge in [-0.2, -0.15) is 13.2 Å². The highest BCUT2D eigenvalue weighted by atomic mass is 35.5. The molecule has 0 amide bonds. The first-order valence-electron chi connectivity index (χ1n) is 5.07. The monoisotopic (exact) mass is 261 g/mol. The molecule has 0 radical (unpaired) electrons. The molecule has 1 aromatic rings. The van der Waals surface area contributed by atoms with E-state index in [4.69, 9.17) is 11.6 Å². The van der Waals surface area contributed by atoms with Gasteiger partial charge in [-0.3, -0.25) is 0 Å². The minimum Gasteiger partial charge on any atom is -0.352 e. The third-order valence-electron chi connectivity index (χ3n) is 3.02. The van der Waals surface area contributed by atoms with Crippen LogP contribution >= 0.6 is 11.6 Å². The number of alkyl halides is 4. The molecule has 1 saturated heterocycles. The maximum absolute atomic E-state index is 12.8. The van der Waals surface area contributed by atoms with Crippen LogP contribution in [0.3, 0.4) is 0 Å². The molecule has 92 valence electrons. The van der Waals surface area contributed by atoms with Crippen molar-refractivity contribution in [2.75, 3.05) is 17.3 Å². The molecule has 1 heterocycles. The molecule has 1 atom stereocenters. The largest absolute Gasteiger partial charge is 0.414 e. The zero-order valence-electron chi connectivity index (χ0n) is 8.97. The van der Waals surface area contributed by atoms with Gasteiger partial charge in [0.25, 0.3) is 0 Å². The second-order valence-electron chi connectivity index (χ2n) is 4.04. The first kappa shape index (κ1) is 12.3. The first-order valence-corrected chi connectivity index (χ1v) is 5.61. The molecule has 2 rings (SSSR count). The highest BCUT2D eigenvalue weighted by molar-refractivity contribution is 6.19. The van der Waals surface area contributed by atoms with Gasteiger partial charge in [0.2, 0.25) is 0 Å². The molecule has 1 fully saturated rings. The predicted octanol–water partition coefficient (Wildman–Crippen LogP) is 3.69. The van der Waals surface area contributed by atoms with E-state index in [9.17, 15) is 13.2 Å². The Labute approximate surface area is 102 Å². The molecule has 0 spiro atoms. The lowest BCUT2D eigenvalue weighted by Crippen LogP contribution is -2.38. The topological polar surface area (TPSA) is 3.01 Å². The Balaban J connectivity index is 2.23. The van der Waals surface area contributed by atoms with Gasteiger partial charge in [0.15, 0.2) is 5.54 Å². The van der Waals surface area contributed by atoms with E-state index >= 15 is 0 Å². The van der Waals surface area contributed by atoms with Crippen LogP contribution in [0.5, 0.6) is 0 Å². The van der Waals surface area contributed by atoms with Gasteiger partial charge in [-0.15, -0.1) is 11.6 Å². The van der Waals surface area contributed by atoms with Gasteiger partial charge < -0.3 is 4.90 Å². The first-order chi connectivity index (χ1) is 7.94. The molecule has 1 nitrogen and oxygen atoms in total. The minimum atomic E-state index is -4.30. The molecule has 0 aromatic heterocycles. The van der Waals surface area contributed by atoms with Crippen LogP contribution in [0, 0.1) is 0 Å². The average Bonchev–Trinajstić information content (AvgIpc) is 3.04. The molecule has 1 aliphatic heterocycles. The Bertz CT molecular complexity index is 426. The number of benzene rings is 1. The van der Waals surface area contributed by atoms with Crippen molar-refractivity contribution in [2.45, 2.75) is 11.7 Å². The second kappa shape index (κ2) is 3.95. The van der Waals surface area contributed by atoms with Crippen LogP contribution in [-0.4, -0.2) is 24.1 Å². The van der Waals surface area contributed by atoms with Crippen molar-refractivity contribution < 1.29 is 13.2 Å². The van der Waals surface area contributed by atoms with E-state index in [1.807, 2.05) is 0 Å². The fraction of sp³-hybridized carbons (Fsp3) is 0.333. The summed E-state index contributed by atoms with van der Waals surface area (Å²) < 4.78 is 38.5. The Morgan fingerprint density at radius 3 is 2.29 bits per heavy atom. The van der Waals surface area contributed by atoms with Gasteiger partial charge in [0.1, 0.15) is 0 Å². The summed E-state index contributed by atoms with van der Waals surface area (Å²) in [6, 6.07) is 6.76. The average molecular weight is 262 g/mol. The van der Waals surface area contributed by atoms with Gasteiger partial charge in [-0.05, 0) is 17.7 Å². The van der Waals surface area contributed by atoms with Crippen LogP contribution < -0.4 is 4.90 Å². The van der Waals surface area contributed by atoms with E-state index in [-0.39, 0.29) is 6.54 Å². The second-order valence-corrected chi connectivity index (χ2v) is 4.31. The number of hydrogen-bond acceptors (Lipinski definition) is 1. The van der Waals surface area contributed by atoms with E-state index in [1.165, 1.54) is 4.90 Å². The van der Waals surface area contributed by atoms with E-state index in [0.29, 0.717) is 5.69 Å². The fourth-order valence-corrected chi connectivity index (χ4v) is 2.17. The normalized spacial score (nSPS) is 23.6. The molecule has 0 aliphatic carbocycles. The fourth-order valence-electron chi connectivity index (χ4n) is 1.79. The molecular weight excluding hydrogens is 251 g/mol. The highest BCUT2D eigenvalue weighted by Crippen LogP contribution is 2.49. The maximum atomic E-state index is 12.8. The minimum absolute atomic E-state index is 0.0760. The number of rotatable bonds is 3. The van der Waals surface area contributed by atoms with Gasteiger partial charge in [-0.1, -0.05) is 24.8 Å². The van der Waals surface area contributed by atoms with Gasteiger partial charge in [0.05, 0.1) is 12.4 Å². The van der Waals surface area contributed by atoms with E-state index in [0.717, 1.165) is 5.56 Å². The molecule has 0 bridgehead atoms. The maximum Gasteiger partial charge on any atom is 0.414 e. The van der Waals surface area contributed by atoms with Crippen LogP contribution in [0.1, 0.15) is 5.56 Å². The van der Waals surface area contributed by atoms with Crippen molar-refractivity contribution in [1.82, 2.24) is 0 Å². The van der Waals surface area contributed by atoms with Crippen molar-refractivity contribution in [3.8, 4) is 0 Å². The van der Waals surface area contributed by atoms with Crippen molar-refractivity contribution in [2.24, 2.45) is 0 Å². The van der Waals surface area contributed by atoms with Crippen LogP contribution in [0.2, 0.25) is 0 Å². The van der Waals surface area contributed by atoms with Crippen LogP contribution in [0.4, 0.5) is 18.9 Å². The van der Waals surface area contributed by atoms with Crippen molar-refractivity contribution >= 4 is 23.4 Å².